The number of ether oxygens (including phenoxy) is 1. The molecule has 0 aromatic heterocycles. The van der Waals surface area contributed by atoms with Crippen molar-refractivity contribution < 1.29 is 18.3 Å². The van der Waals surface area contributed by atoms with Gasteiger partial charge in [0.2, 0.25) is 5.63 Å². The molecule has 0 radical (unpaired) electrons. The first-order chi connectivity index (χ1) is 4.42. The van der Waals surface area contributed by atoms with Gasteiger partial charge in [0.15, 0.2) is 0 Å². The highest BCUT2D eigenvalue weighted by Gasteiger charge is 2.46. The fraction of sp³-hybridized carbons (Fsp3) is 0.750. The van der Waals surface area contributed by atoms with E-state index in [1.165, 1.54) is 0 Å². The zero-order valence-electron chi connectivity index (χ0n) is 4.91. The molecular weight excluding hydrogens is 189 g/mol. The van der Waals surface area contributed by atoms with Crippen LogP contribution in [0.1, 0.15) is 0 Å². The maximum atomic E-state index is 12.4. The summed E-state index contributed by atoms with van der Waals surface area (Å²) < 4.78 is 28.1. The minimum atomic E-state index is -3.28. The summed E-state index contributed by atoms with van der Waals surface area (Å²) in [6.07, 6.45) is 0. The Labute approximate surface area is 66.0 Å². The van der Waals surface area contributed by atoms with Crippen molar-refractivity contribution in [2.45, 2.75) is 10.8 Å². The molecule has 0 fully saturated rings. The van der Waals surface area contributed by atoms with Crippen molar-refractivity contribution in [3.63, 3.8) is 0 Å². The van der Waals surface area contributed by atoms with E-state index in [0.717, 1.165) is 7.11 Å². The molecule has 0 aliphatic carbocycles. The minimum absolute atomic E-state index is 0.873. The minimum Gasteiger partial charge on any atom is -0.466 e. The van der Waals surface area contributed by atoms with Gasteiger partial charge in [-0.1, -0.05) is 23.2 Å². The van der Waals surface area contributed by atoms with Crippen LogP contribution in [0.2, 0.25) is 0 Å². The van der Waals surface area contributed by atoms with Crippen molar-refractivity contribution >= 4 is 29.2 Å². The van der Waals surface area contributed by atoms with Gasteiger partial charge in [-0.05, 0) is 0 Å². The fourth-order valence-corrected chi connectivity index (χ4v) is 0.391. The Morgan fingerprint density at radius 3 is 2.30 bits per heavy atom. The van der Waals surface area contributed by atoms with Gasteiger partial charge in [0.25, 0.3) is 0 Å². The smallest absolute Gasteiger partial charge is 0.364 e. The fourth-order valence-electron chi connectivity index (χ4n) is 0.225. The number of halogens is 4. The average molecular weight is 193 g/mol. The van der Waals surface area contributed by atoms with E-state index < -0.39 is 16.7 Å². The van der Waals surface area contributed by atoms with Crippen LogP contribution in [-0.4, -0.2) is 23.8 Å². The van der Waals surface area contributed by atoms with Crippen LogP contribution in [0.4, 0.5) is 8.78 Å². The van der Waals surface area contributed by atoms with Gasteiger partial charge in [-0.2, -0.15) is 0 Å². The first-order valence-electron chi connectivity index (χ1n) is 2.17. The number of alkyl halides is 4. The van der Waals surface area contributed by atoms with E-state index in [-0.39, 0.29) is 0 Å². The zero-order chi connectivity index (χ0) is 8.36. The Morgan fingerprint density at radius 2 is 2.20 bits per heavy atom. The van der Waals surface area contributed by atoms with Crippen LogP contribution in [0, 0.1) is 0 Å². The normalized spacial score (nSPS) is 19.3. The summed E-state index contributed by atoms with van der Waals surface area (Å²) in [5, 5.41) is -3.28. The second-order valence-electron chi connectivity index (χ2n) is 1.42. The second-order valence-corrected chi connectivity index (χ2v) is 2.35. The van der Waals surface area contributed by atoms with Gasteiger partial charge in [-0.25, -0.2) is 13.6 Å². The molecule has 2 atom stereocenters. The molecule has 60 valence electrons. The molecule has 0 N–H and O–H groups in total. The second kappa shape index (κ2) is 3.34. The van der Waals surface area contributed by atoms with Gasteiger partial charge in [-0.3, -0.25) is 0 Å². The molecule has 0 aromatic carbocycles. The summed E-state index contributed by atoms with van der Waals surface area (Å²) in [6, 6.07) is 0. The van der Waals surface area contributed by atoms with Crippen LogP contribution >= 0.6 is 23.2 Å². The van der Waals surface area contributed by atoms with Crippen molar-refractivity contribution in [3.8, 4) is 0 Å². The molecule has 0 saturated heterocycles. The van der Waals surface area contributed by atoms with Gasteiger partial charge in [0.1, 0.15) is 0 Å². The molecule has 0 amide bonds. The summed E-state index contributed by atoms with van der Waals surface area (Å²) in [5.74, 6) is -1.54. The van der Waals surface area contributed by atoms with E-state index in [9.17, 15) is 13.6 Å². The Morgan fingerprint density at radius 1 is 1.80 bits per heavy atom. The largest absolute Gasteiger partial charge is 0.466 e. The quantitative estimate of drug-likeness (QED) is 0.491. The van der Waals surface area contributed by atoms with E-state index >= 15 is 0 Å². The third kappa shape index (κ3) is 1.95. The standard InChI is InChI=1S/C4H4Cl2F2O2/c1-10-3(9)4(6,8)2(5)7/h2H,1H3/t2-,4-/m1/s1. The first-order valence-corrected chi connectivity index (χ1v) is 2.98. The van der Waals surface area contributed by atoms with Crippen molar-refractivity contribution in [3.05, 3.63) is 0 Å². The lowest BCUT2D eigenvalue weighted by atomic mass is 10.4. The number of methoxy groups -OCH3 is 1. The molecule has 0 heterocycles. The number of esters is 1. The van der Waals surface area contributed by atoms with E-state index in [1.807, 2.05) is 0 Å². The number of carbonyl (C=O) groups is 1. The van der Waals surface area contributed by atoms with Crippen molar-refractivity contribution in [1.82, 2.24) is 0 Å². The maximum Gasteiger partial charge on any atom is 0.364 e. The molecule has 10 heavy (non-hydrogen) atoms. The molecular formula is C4H4Cl2F2O2. The van der Waals surface area contributed by atoms with Crippen LogP contribution in [0.15, 0.2) is 0 Å². The van der Waals surface area contributed by atoms with Gasteiger partial charge in [0, 0.05) is 0 Å². The number of hydrogen-bond acceptors (Lipinski definition) is 2. The Balaban J connectivity index is 4.24. The highest BCUT2D eigenvalue weighted by molar-refractivity contribution is 6.38. The van der Waals surface area contributed by atoms with Crippen LogP contribution in [-0.2, 0) is 9.53 Å². The number of rotatable bonds is 2. The molecule has 2 nitrogen and oxygen atoms in total. The molecule has 0 aliphatic rings. The van der Waals surface area contributed by atoms with Gasteiger partial charge in [-0.15, -0.1) is 0 Å². The molecule has 0 aromatic rings. The third-order valence-electron chi connectivity index (χ3n) is 0.732. The van der Waals surface area contributed by atoms with Gasteiger partial charge < -0.3 is 4.74 Å². The molecule has 0 rings (SSSR count). The summed E-state index contributed by atoms with van der Waals surface area (Å²) in [4.78, 5) is 10.2. The predicted octanol–water partition coefficient (Wildman–Crippen LogP) is 1.60. The summed E-state index contributed by atoms with van der Waals surface area (Å²) in [6.45, 7) is 0. The average Bonchev–Trinajstić information content (AvgIpc) is 1.86. The Hall–Kier alpha value is -0.0900. The monoisotopic (exact) mass is 192 g/mol. The van der Waals surface area contributed by atoms with Gasteiger partial charge >= 0.3 is 11.1 Å². The lowest BCUT2D eigenvalue weighted by Crippen LogP contribution is -2.35. The van der Waals surface area contributed by atoms with Crippen LogP contribution in [0.3, 0.4) is 0 Å². The van der Waals surface area contributed by atoms with Crippen LogP contribution in [0.25, 0.3) is 0 Å². The van der Waals surface area contributed by atoms with Crippen LogP contribution in [0.5, 0.6) is 0 Å². The summed E-state index contributed by atoms with van der Waals surface area (Å²) in [5.41, 5.74) is -2.61. The maximum absolute atomic E-state index is 12.4. The first kappa shape index (κ1) is 9.91. The molecule has 0 aliphatic heterocycles. The molecule has 0 saturated carbocycles. The SMILES string of the molecule is COC(=O)[C@@](F)(Cl)[C@@H](F)Cl. The zero-order valence-corrected chi connectivity index (χ0v) is 6.42. The van der Waals surface area contributed by atoms with Gasteiger partial charge in [0.05, 0.1) is 7.11 Å². The van der Waals surface area contributed by atoms with Crippen molar-refractivity contribution in [1.29, 1.82) is 0 Å². The highest BCUT2D eigenvalue weighted by Crippen LogP contribution is 2.28. The highest BCUT2D eigenvalue weighted by atomic mass is 35.5. The Kier molecular flexibility index (Phi) is 3.31. The lowest BCUT2D eigenvalue weighted by Gasteiger charge is -2.13. The molecule has 6 heteroatoms. The predicted molar refractivity (Wildman–Crippen MR) is 32.5 cm³/mol. The van der Waals surface area contributed by atoms with E-state index in [0.29, 0.717) is 0 Å². The van der Waals surface area contributed by atoms with Crippen molar-refractivity contribution in [2.75, 3.05) is 7.11 Å². The number of carbonyl (C=O) groups excluding carboxylic acids is 1. The summed E-state index contributed by atoms with van der Waals surface area (Å²) >= 11 is 9.24. The Bertz CT molecular complexity index is 137. The molecule has 0 spiro atoms. The molecule has 0 unspecified atom stereocenters. The third-order valence-corrected chi connectivity index (χ3v) is 1.49. The van der Waals surface area contributed by atoms with E-state index in [2.05, 4.69) is 27.9 Å². The van der Waals surface area contributed by atoms with E-state index in [1.54, 1.807) is 0 Å². The molecule has 0 bridgehead atoms. The topological polar surface area (TPSA) is 26.3 Å². The number of hydrogen-bond donors (Lipinski definition) is 0. The van der Waals surface area contributed by atoms with Crippen molar-refractivity contribution in [2.24, 2.45) is 0 Å². The van der Waals surface area contributed by atoms with E-state index in [4.69, 9.17) is 0 Å². The van der Waals surface area contributed by atoms with Crippen LogP contribution < -0.4 is 0 Å². The lowest BCUT2D eigenvalue weighted by molar-refractivity contribution is -0.150. The summed E-state index contributed by atoms with van der Waals surface area (Å²) in [7, 11) is 0.873.